The van der Waals surface area contributed by atoms with Crippen LogP contribution in [0.1, 0.15) is 12.8 Å². The fourth-order valence-electron chi connectivity index (χ4n) is 1.30. The molecule has 1 aliphatic rings. The molecule has 1 aliphatic heterocycles. The summed E-state index contributed by atoms with van der Waals surface area (Å²) >= 11 is 0. The van der Waals surface area contributed by atoms with Crippen LogP contribution in [0.15, 0.2) is 0 Å². The quantitative estimate of drug-likeness (QED) is 0.496. The van der Waals surface area contributed by atoms with Gasteiger partial charge in [-0.2, -0.15) is 0 Å². The van der Waals surface area contributed by atoms with Crippen molar-refractivity contribution in [3.05, 3.63) is 18.5 Å². The van der Waals surface area contributed by atoms with Gasteiger partial charge in [-0.3, -0.25) is 7.05 Å². The summed E-state index contributed by atoms with van der Waals surface area (Å²) in [4.78, 5) is 5.48. The van der Waals surface area contributed by atoms with E-state index in [9.17, 15) is 0 Å². The molecule has 0 saturated carbocycles. The van der Waals surface area contributed by atoms with Crippen LogP contribution in [0.2, 0.25) is 0 Å². The van der Waals surface area contributed by atoms with E-state index in [4.69, 9.17) is 6.57 Å². The van der Waals surface area contributed by atoms with E-state index >= 15 is 0 Å². The predicted molar refractivity (Wildman–Crippen MR) is 41.1 cm³/mol. The molecule has 10 heavy (non-hydrogen) atoms. The third kappa shape index (κ3) is 2.00. The second kappa shape index (κ2) is 3.58. The number of piperidine rings is 1. The fourth-order valence-corrected chi connectivity index (χ4v) is 1.30. The highest BCUT2D eigenvalue weighted by Gasteiger charge is 2.15. The molecule has 0 aromatic carbocycles. The molecule has 0 aromatic heterocycles. The summed E-state index contributed by atoms with van der Waals surface area (Å²) in [6.07, 6.45) is 2.32. The minimum Gasteiger partial charge on any atom is -0.459 e. The minimum atomic E-state index is 0.649. The van der Waals surface area contributed by atoms with Crippen LogP contribution in [0.5, 0.6) is 0 Å². The van der Waals surface area contributed by atoms with Crippen molar-refractivity contribution in [1.29, 1.82) is 0 Å². The Bertz CT molecular complexity index is 129. The van der Waals surface area contributed by atoms with Crippen molar-refractivity contribution in [2.45, 2.75) is 12.8 Å². The molecule has 56 valence electrons. The first kappa shape index (κ1) is 7.56. The zero-order chi connectivity index (χ0) is 7.40. The summed E-state index contributed by atoms with van der Waals surface area (Å²) in [6.45, 7) is 9.54. The highest BCUT2D eigenvalue weighted by Crippen LogP contribution is 2.16. The maximum atomic E-state index is 6.68. The molecule has 0 atom stereocenters. The van der Waals surface area contributed by atoms with Crippen molar-refractivity contribution in [3.8, 4) is 0 Å². The van der Waals surface area contributed by atoms with Gasteiger partial charge in [0.2, 0.25) is 6.54 Å². The molecule has 0 radical (unpaired) electrons. The second-order valence-electron chi connectivity index (χ2n) is 2.90. The van der Waals surface area contributed by atoms with Gasteiger partial charge in [0, 0.05) is 5.92 Å². The molecule has 0 unspecified atom stereocenters. The summed E-state index contributed by atoms with van der Waals surface area (Å²) in [5.41, 5.74) is 0. The van der Waals surface area contributed by atoms with Crippen molar-refractivity contribution in [3.63, 3.8) is 0 Å². The van der Waals surface area contributed by atoms with E-state index in [0.29, 0.717) is 12.5 Å². The molecular formula is C8H13N2-. The van der Waals surface area contributed by atoms with Gasteiger partial charge in [-0.1, -0.05) is 0 Å². The Morgan fingerprint density at radius 2 is 2.10 bits per heavy atom. The molecule has 2 nitrogen and oxygen atoms in total. The van der Waals surface area contributed by atoms with Crippen LogP contribution >= 0.6 is 0 Å². The molecule has 0 aliphatic carbocycles. The van der Waals surface area contributed by atoms with E-state index in [1.54, 1.807) is 0 Å². The molecule has 0 N–H and O–H groups in total. The van der Waals surface area contributed by atoms with Gasteiger partial charge >= 0.3 is 0 Å². The summed E-state index contributed by atoms with van der Waals surface area (Å²) in [6, 6.07) is 0. The van der Waals surface area contributed by atoms with Crippen molar-refractivity contribution < 1.29 is 0 Å². The van der Waals surface area contributed by atoms with Crippen LogP contribution in [0, 0.1) is 19.5 Å². The van der Waals surface area contributed by atoms with E-state index in [-0.39, 0.29) is 0 Å². The summed E-state index contributed by atoms with van der Waals surface area (Å²) in [5.74, 6) is 0.649. The van der Waals surface area contributed by atoms with Crippen LogP contribution in [0.4, 0.5) is 0 Å². The third-order valence-electron chi connectivity index (χ3n) is 2.06. The lowest BCUT2D eigenvalue weighted by Crippen LogP contribution is -2.29. The van der Waals surface area contributed by atoms with Crippen LogP contribution < -0.4 is 0 Å². The Hall–Kier alpha value is -0.550. The molecule has 1 rings (SSSR count). The Morgan fingerprint density at radius 1 is 1.50 bits per heavy atom. The topological polar surface area (TPSA) is 7.60 Å². The zero-order valence-electron chi connectivity index (χ0n) is 6.21. The standard InChI is InChI=1S/C8H13N2/c1-9-7-8-3-5-10(2)6-4-8/h8H,2-7H2/q-1. The monoisotopic (exact) mass is 137 g/mol. The smallest absolute Gasteiger partial charge is 0.217 e. The van der Waals surface area contributed by atoms with Gasteiger partial charge in [0.1, 0.15) is 0 Å². The van der Waals surface area contributed by atoms with Crippen LogP contribution in [-0.4, -0.2) is 24.5 Å². The summed E-state index contributed by atoms with van der Waals surface area (Å²) in [5, 5.41) is 0. The largest absolute Gasteiger partial charge is 0.459 e. The van der Waals surface area contributed by atoms with Crippen LogP contribution in [0.25, 0.3) is 4.85 Å². The van der Waals surface area contributed by atoms with Crippen LogP contribution in [-0.2, 0) is 0 Å². The van der Waals surface area contributed by atoms with Gasteiger partial charge in [-0.25, -0.2) is 6.57 Å². The number of rotatable bonds is 1. The Kier molecular flexibility index (Phi) is 2.70. The molecule has 0 spiro atoms. The maximum absolute atomic E-state index is 6.68. The van der Waals surface area contributed by atoms with E-state index in [0.717, 1.165) is 25.9 Å². The molecule has 1 fully saturated rings. The lowest BCUT2D eigenvalue weighted by molar-refractivity contribution is 0.249. The highest BCUT2D eigenvalue weighted by molar-refractivity contribution is 4.77. The molecule has 1 heterocycles. The SMILES string of the molecule is [C-]#[N+]CC1CCN([CH2-])CC1. The van der Waals surface area contributed by atoms with Crippen molar-refractivity contribution >= 4 is 0 Å². The molecule has 1 saturated heterocycles. The average Bonchev–Trinajstić information content (AvgIpc) is 1.95. The van der Waals surface area contributed by atoms with Crippen molar-refractivity contribution in [2.24, 2.45) is 5.92 Å². The minimum absolute atomic E-state index is 0.649. The van der Waals surface area contributed by atoms with Crippen LogP contribution in [0.3, 0.4) is 0 Å². The first-order chi connectivity index (χ1) is 4.83. The lowest BCUT2D eigenvalue weighted by Gasteiger charge is -2.32. The number of hydrogen-bond donors (Lipinski definition) is 0. The molecule has 0 bridgehead atoms. The fraction of sp³-hybridized carbons (Fsp3) is 0.750. The Morgan fingerprint density at radius 3 is 2.60 bits per heavy atom. The average molecular weight is 137 g/mol. The summed E-state index contributed by atoms with van der Waals surface area (Å²) < 4.78 is 0. The number of likely N-dealkylation sites (tertiary alicyclic amines) is 1. The van der Waals surface area contributed by atoms with E-state index in [2.05, 4.69) is 16.8 Å². The van der Waals surface area contributed by atoms with Gasteiger partial charge in [0.05, 0.1) is 0 Å². The van der Waals surface area contributed by atoms with Gasteiger partial charge in [0.25, 0.3) is 0 Å². The van der Waals surface area contributed by atoms with Gasteiger partial charge in [-0.05, 0) is 25.9 Å². The Balaban J connectivity index is 2.21. The maximum Gasteiger partial charge on any atom is 0.217 e. The number of hydrogen-bond acceptors (Lipinski definition) is 1. The molecule has 2 heteroatoms. The highest BCUT2D eigenvalue weighted by atomic mass is 15.1. The van der Waals surface area contributed by atoms with E-state index in [1.807, 2.05) is 0 Å². The Labute approximate surface area is 62.7 Å². The first-order valence-electron chi connectivity index (χ1n) is 3.71. The third-order valence-corrected chi connectivity index (χ3v) is 2.06. The first-order valence-corrected chi connectivity index (χ1v) is 3.71. The van der Waals surface area contributed by atoms with Gasteiger partial charge in [0.15, 0.2) is 0 Å². The van der Waals surface area contributed by atoms with Crippen molar-refractivity contribution in [2.75, 3.05) is 19.6 Å². The number of nitrogens with zero attached hydrogens (tertiary/aromatic N) is 2. The molecular weight excluding hydrogens is 124 g/mol. The molecule has 0 amide bonds. The predicted octanol–water partition coefficient (Wildman–Crippen LogP) is 1.41. The molecule has 0 aromatic rings. The normalized spacial score (nSPS) is 22.4. The van der Waals surface area contributed by atoms with Gasteiger partial charge in [-0.15, -0.1) is 0 Å². The van der Waals surface area contributed by atoms with E-state index in [1.165, 1.54) is 0 Å². The van der Waals surface area contributed by atoms with Crippen molar-refractivity contribution in [1.82, 2.24) is 4.90 Å². The van der Waals surface area contributed by atoms with E-state index < -0.39 is 0 Å². The van der Waals surface area contributed by atoms with Gasteiger partial charge < -0.3 is 9.74 Å². The zero-order valence-corrected chi connectivity index (χ0v) is 6.21. The lowest BCUT2D eigenvalue weighted by atomic mass is 9.98. The summed E-state index contributed by atoms with van der Waals surface area (Å²) in [7, 11) is 3.85. The second-order valence-corrected chi connectivity index (χ2v) is 2.90.